The molecule has 0 unspecified atom stereocenters. The van der Waals surface area contributed by atoms with Gasteiger partial charge in [0.15, 0.2) is 0 Å². The number of benzene rings is 1. The Morgan fingerprint density at radius 3 is 2.42 bits per heavy atom. The van der Waals surface area contributed by atoms with E-state index in [1.807, 2.05) is 29.3 Å². The maximum absolute atomic E-state index is 13.6. The summed E-state index contributed by atoms with van der Waals surface area (Å²) >= 11 is 1.57. The first-order valence-electron chi connectivity index (χ1n) is 11.5. The summed E-state index contributed by atoms with van der Waals surface area (Å²) in [6, 6.07) is 7.41. The molecule has 0 radical (unpaired) electrons. The van der Waals surface area contributed by atoms with Gasteiger partial charge in [0.2, 0.25) is 11.8 Å². The number of halogens is 3. The topological polar surface area (TPSA) is 53.4 Å². The number of piperazine rings is 1. The second-order valence-corrected chi connectivity index (χ2v) is 9.57. The summed E-state index contributed by atoms with van der Waals surface area (Å²) in [5, 5.41) is 2.04. The average molecular weight is 518 g/mol. The Labute approximate surface area is 211 Å². The molecule has 1 aromatic carbocycles. The molecule has 2 aromatic heterocycles. The van der Waals surface area contributed by atoms with Crippen LogP contribution in [0.25, 0.3) is 0 Å². The number of pyridine rings is 1. The van der Waals surface area contributed by atoms with Crippen molar-refractivity contribution in [3.05, 3.63) is 57.9 Å². The highest BCUT2D eigenvalue weighted by atomic mass is 32.1. The van der Waals surface area contributed by atoms with Gasteiger partial charge in [-0.3, -0.25) is 0 Å². The summed E-state index contributed by atoms with van der Waals surface area (Å²) in [4.78, 5) is 16.4. The van der Waals surface area contributed by atoms with Gasteiger partial charge >= 0.3 is 6.18 Å². The van der Waals surface area contributed by atoms with E-state index in [2.05, 4.69) is 14.8 Å². The van der Waals surface area contributed by atoms with Gasteiger partial charge in [0.1, 0.15) is 5.75 Å². The third-order valence-electron chi connectivity index (χ3n) is 6.42. The van der Waals surface area contributed by atoms with Crippen molar-refractivity contribution in [1.82, 2.24) is 9.88 Å². The minimum absolute atomic E-state index is 0.351. The standard InChI is InChI=1S/C25H26F3N5O2S/c1-16-15-36-21-14-33(19-12-17(25(26,27)28)4-5-20(19)34-2)24(30-23(16)21)32-10-8-31(9-11-32)18-6-7-29-22(13-18)35-3/h4-7,12-13,15H,8-11,14H2,1-3H3. The van der Waals surface area contributed by atoms with Gasteiger partial charge in [0.25, 0.3) is 0 Å². The second kappa shape index (κ2) is 9.53. The van der Waals surface area contributed by atoms with Gasteiger partial charge in [-0.1, -0.05) is 0 Å². The third kappa shape index (κ3) is 4.55. The number of nitrogens with zero attached hydrogens (tertiary/aromatic N) is 5. The number of ether oxygens (including phenoxy) is 2. The molecule has 0 amide bonds. The predicted molar refractivity (Wildman–Crippen MR) is 135 cm³/mol. The van der Waals surface area contributed by atoms with Crippen molar-refractivity contribution in [3.63, 3.8) is 0 Å². The largest absolute Gasteiger partial charge is 0.495 e. The Kier molecular flexibility index (Phi) is 6.42. The van der Waals surface area contributed by atoms with Crippen molar-refractivity contribution in [1.29, 1.82) is 0 Å². The van der Waals surface area contributed by atoms with Gasteiger partial charge in [-0.05, 0) is 42.1 Å². The van der Waals surface area contributed by atoms with Gasteiger partial charge in [-0.2, -0.15) is 13.2 Å². The van der Waals surface area contributed by atoms with E-state index in [1.165, 1.54) is 13.2 Å². The lowest BCUT2D eigenvalue weighted by Crippen LogP contribution is -2.54. The van der Waals surface area contributed by atoms with Gasteiger partial charge in [-0.15, -0.1) is 11.3 Å². The van der Waals surface area contributed by atoms with E-state index in [0.717, 1.165) is 47.0 Å². The number of aryl methyl sites for hydroxylation is 1. The van der Waals surface area contributed by atoms with Crippen LogP contribution < -0.4 is 19.3 Å². The first-order chi connectivity index (χ1) is 17.3. The van der Waals surface area contributed by atoms with Crippen molar-refractivity contribution in [3.8, 4) is 11.6 Å². The third-order valence-corrected chi connectivity index (χ3v) is 7.50. The van der Waals surface area contributed by atoms with Gasteiger partial charge < -0.3 is 24.2 Å². The molecule has 0 saturated carbocycles. The minimum Gasteiger partial charge on any atom is -0.495 e. The van der Waals surface area contributed by atoms with E-state index >= 15 is 0 Å². The fraction of sp³-hybridized carbons (Fsp3) is 0.360. The summed E-state index contributed by atoms with van der Waals surface area (Å²) < 4.78 is 51.6. The van der Waals surface area contributed by atoms with E-state index in [-0.39, 0.29) is 0 Å². The quantitative estimate of drug-likeness (QED) is 0.467. The van der Waals surface area contributed by atoms with E-state index in [0.29, 0.717) is 42.9 Å². The highest BCUT2D eigenvalue weighted by Gasteiger charge is 2.35. The fourth-order valence-corrected chi connectivity index (χ4v) is 5.46. The van der Waals surface area contributed by atoms with Crippen LogP contribution in [-0.2, 0) is 12.7 Å². The number of hydrogen-bond donors (Lipinski definition) is 0. The highest BCUT2D eigenvalue weighted by Crippen LogP contribution is 2.42. The Hall–Kier alpha value is -3.47. The van der Waals surface area contributed by atoms with Gasteiger partial charge in [-0.25, -0.2) is 9.98 Å². The van der Waals surface area contributed by atoms with Crippen molar-refractivity contribution in [2.45, 2.75) is 19.6 Å². The maximum atomic E-state index is 13.6. The number of rotatable bonds is 4. The van der Waals surface area contributed by atoms with Crippen molar-refractivity contribution < 1.29 is 22.6 Å². The smallest absolute Gasteiger partial charge is 0.416 e. The lowest BCUT2D eigenvalue weighted by Gasteiger charge is -2.42. The van der Waals surface area contributed by atoms with Crippen LogP contribution in [-0.4, -0.2) is 56.2 Å². The predicted octanol–water partition coefficient (Wildman–Crippen LogP) is 5.32. The molecule has 0 spiro atoms. The van der Waals surface area contributed by atoms with E-state index in [9.17, 15) is 13.2 Å². The van der Waals surface area contributed by atoms with E-state index < -0.39 is 11.7 Å². The van der Waals surface area contributed by atoms with Crippen molar-refractivity contribution in [2.75, 3.05) is 50.2 Å². The number of anilines is 2. The summed E-state index contributed by atoms with van der Waals surface area (Å²) in [5.74, 6) is 1.55. The van der Waals surface area contributed by atoms with E-state index in [1.54, 1.807) is 24.6 Å². The SMILES string of the molecule is COc1cc(N2CCN(C3=Nc4c(C)csc4CN3c3cc(C(F)(F)F)ccc3OC)CC2)ccn1. The number of aliphatic imine (C=N–C) groups is 1. The first kappa shape index (κ1) is 24.2. The lowest BCUT2D eigenvalue weighted by atomic mass is 10.1. The molecule has 2 aliphatic heterocycles. The number of aromatic nitrogens is 1. The van der Waals surface area contributed by atoms with Crippen molar-refractivity contribution in [2.24, 2.45) is 4.99 Å². The summed E-state index contributed by atoms with van der Waals surface area (Å²) in [5.41, 5.74) is 2.61. The number of fused-ring (bicyclic) bond motifs is 1. The van der Waals surface area contributed by atoms with Crippen molar-refractivity contribution >= 4 is 34.4 Å². The minimum atomic E-state index is -4.46. The lowest BCUT2D eigenvalue weighted by molar-refractivity contribution is -0.137. The number of guanidine groups is 1. The molecule has 1 fully saturated rings. The van der Waals surface area contributed by atoms with Crippen LogP contribution in [0.1, 0.15) is 16.0 Å². The molecular formula is C25H26F3N5O2S. The molecule has 0 atom stereocenters. The Bertz CT molecular complexity index is 1280. The zero-order valence-corrected chi connectivity index (χ0v) is 21.0. The van der Waals surface area contributed by atoms with E-state index in [4.69, 9.17) is 14.5 Å². The number of thiophene rings is 1. The summed E-state index contributed by atoms with van der Waals surface area (Å²) in [6.07, 6.45) is -2.75. The molecule has 11 heteroatoms. The summed E-state index contributed by atoms with van der Waals surface area (Å²) in [7, 11) is 3.05. The molecular weight excluding hydrogens is 491 g/mol. The molecule has 4 heterocycles. The first-order valence-corrected chi connectivity index (χ1v) is 12.3. The molecule has 3 aromatic rings. The number of hydrogen-bond acceptors (Lipinski definition) is 8. The van der Waals surface area contributed by atoms with Gasteiger partial charge in [0, 0.05) is 44.1 Å². The molecule has 7 nitrogen and oxygen atoms in total. The zero-order valence-electron chi connectivity index (χ0n) is 20.2. The molecule has 5 rings (SSSR count). The Morgan fingerprint density at radius 1 is 0.972 bits per heavy atom. The van der Waals surface area contributed by atoms with Crippen LogP contribution in [0.15, 0.2) is 46.9 Å². The molecule has 1 saturated heterocycles. The highest BCUT2D eigenvalue weighted by molar-refractivity contribution is 7.10. The van der Waals surface area contributed by atoms with Crippen LogP contribution in [0.2, 0.25) is 0 Å². The van der Waals surface area contributed by atoms with Crippen LogP contribution in [0.5, 0.6) is 11.6 Å². The van der Waals surface area contributed by atoms with Crippen LogP contribution in [0, 0.1) is 6.92 Å². The molecule has 0 bridgehead atoms. The van der Waals surface area contributed by atoms with Crippen LogP contribution >= 0.6 is 11.3 Å². The molecule has 190 valence electrons. The number of alkyl halides is 3. The molecule has 0 aliphatic carbocycles. The number of methoxy groups -OCH3 is 2. The molecule has 2 aliphatic rings. The average Bonchev–Trinajstić information content (AvgIpc) is 3.26. The van der Waals surface area contributed by atoms with Gasteiger partial charge in [0.05, 0.1) is 42.6 Å². The van der Waals surface area contributed by atoms with Crippen LogP contribution in [0.4, 0.5) is 30.2 Å². The maximum Gasteiger partial charge on any atom is 0.416 e. The fourth-order valence-electron chi connectivity index (χ4n) is 4.51. The second-order valence-electron chi connectivity index (χ2n) is 8.60. The Morgan fingerprint density at radius 2 is 1.72 bits per heavy atom. The summed E-state index contributed by atoms with van der Waals surface area (Å²) in [6.45, 7) is 5.17. The molecule has 0 N–H and O–H groups in total. The molecule has 36 heavy (non-hydrogen) atoms. The monoisotopic (exact) mass is 517 g/mol. The Balaban J connectivity index is 1.48. The zero-order chi connectivity index (χ0) is 25.4. The van der Waals surface area contributed by atoms with Crippen LogP contribution in [0.3, 0.4) is 0 Å². The normalized spacial score (nSPS) is 16.1.